The van der Waals surface area contributed by atoms with E-state index in [1.165, 1.54) is 28.2 Å². The van der Waals surface area contributed by atoms with E-state index >= 15 is 0 Å². The SMILES string of the molecule is C=Cn1nnc(-c2ccc(-c3ccc(N4C[C@@H](C(O)C5CC5)OC4=O)cc3F)cn2)n1. The summed E-state index contributed by atoms with van der Waals surface area (Å²) in [5.41, 5.74) is 1.78. The van der Waals surface area contributed by atoms with Crippen LogP contribution in [-0.4, -0.2) is 55.1 Å². The van der Waals surface area contributed by atoms with Crippen molar-refractivity contribution in [2.45, 2.75) is 25.0 Å². The number of hydrogen-bond donors (Lipinski definition) is 1. The number of aliphatic hydroxyl groups is 1. The summed E-state index contributed by atoms with van der Waals surface area (Å²) >= 11 is 0. The summed E-state index contributed by atoms with van der Waals surface area (Å²) in [6.07, 6.45) is 2.96. The fraction of sp³-hybridized carbons (Fsp3) is 0.286. The van der Waals surface area contributed by atoms with Crippen molar-refractivity contribution in [2.75, 3.05) is 11.4 Å². The van der Waals surface area contributed by atoms with E-state index in [9.17, 15) is 14.3 Å². The van der Waals surface area contributed by atoms with E-state index in [0.29, 0.717) is 28.3 Å². The van der Waals surface area contributed by atoms with Crippen LogP contribution >= 0.6 is 0 Å². The molecule has 3 heterocycles. The van der Waals surface area contributed by atoms with Gasteiger partial charge in [-0.15, -0.1) is 15.0 Å². The summed E-state index contributed by atoms with van der Waals surface area (Å²) in [5, 5.41) is 22.0. The number of cyclic esters (lactones) is 1. The van der Waals surface area contributed by atoms with Crippen molar-refractivity contribution in [3.8, 4) is 22.6 Å². The van der Waals surface area contributed by atoms with Crippen molar-refractivity contribution < 1.29 is 19.0 Å². The molecule has 1 saturated carbocycles. The summed E-state index contributed by atoms with van der Waals surface area (Å²) in [4.78, 5) is 19.1. The number of rotatable bonds is 6. The number of anilines is 1. The van der Waals surface area contributed by atoms with Gasteiger partial charge in [0.05, 0.1) is 18.3 Å². The monoisotopic (exact) mass is 422 g/mol. The Hall–Kier alpha value is -3.66. The average Bonchev–Trinajstić information content (AvgIpc) is 3.39. The van der Waals surface area contributed by atoms with Gasteiger partial charge in [-0.1, -0.05) is 12.6 Å². The first kappa shape index (κ1) is 19.3. The van der Waals surface area contributed by atoms with Crippen LogP contribution in [0, 0.1) is 11.7 Å². The molecule has 31 heavy (non-hydrogen) atoms. The third kappa shape index (κ3) is 3.66. The standard InChI is InChI=1S/C21H19FN6O3/c1-2-28-25-20(24-26-28)17-8-5-13(10-23-17)15-7-6-14(9-16(15)22)27-11-18(31-21(27)30)19(29)12-3-4-12/h2,5-10,12,18-19,29H,1,3-4,11H2/t18-,19?/m0/s1. The van der Waals surface area contributed by atoms with E-state index < -0.39 is 24.1 Å². The molecule has 10 heteroatoms. The van der Waals surface area contributed by atoms with Gasteiger partial charge in [0.1, 0.15) is 17.6 Å². The fourth-order valence-electron chi connectivity index (χ4n) is 3.61. The molecule has 9 nitrogen and oxygen atoms in total. The first-order valence-electron chi connectivity index (χ1n) is 9.88. The van der Waals surface area contributed by atoms with Crippen molar-refractivity contribution in [1.82, 2.24) is 25.2 Å². The zero-order chi connectivity index (χ0) is 21.5. The lowest BCUT2D eigenvalue weighted by Gasteiger charge is -2.16. The Balaban J connectivity index is 1.34. The lowest BCUT2D eigenvalue weighted by atomic mass is 10.1. The number of amides is 1. The number of nitrogens with zero attached hydrogens (tertiary/aromatic N) is 6. The molecule has 5 rings (SSSR count). The highest BCUT2D eigenvalue weighted by Crippen LogP contribution is 2.37. The van der Waals surface area contributed by atoms with Crippen molar-refractivity contribution >= 4 is 18.0 Å². The van der Waals surface area contributed by atoms with Crippen LogP contribution in [0.2, 0.25) is 0 Å². The van der Waals surface area contributed by atoms with Gasteiger partial charge in [-0.3, -0.25) is 9.88 Å². The van der Waals surface area contributed by atoms with Gasteiger partial charge in [0.15, 0.2) is 0 Å². The van der Waals surface area contributed by atoms with Crippen LogP contribution < -0.4 is 4.90 Å². The van der Waals surface area contributed by atoms with Crippen molar-refractivity contribution in [3.05, 3.63) is 48.9 Å². The Morgan fingerprint density at radius 2 is 2.13 bits per heavy atom. The molecule has 0 bridgehead atoms. The topological polar surface area (TPSA) is 106 Å². The van der Waals surface area contributed by atoms with E-state index in [2.05, 4.69) is 27.0 Å². The van der Waals surface area contributed by atoms with Crippen LogP contribution in [0.1, 0.15) is 12.8 Å². The normalized spacial score (nSPS) is 19.4. The Bertz CT molecular complexity index is 1140. The predicted octanol–water partition coefficient (Wildman–Crippen LogP) is 2.74. The van der Waals surface area contributed by atoms with E-state index in [4.69, 9.17) is 4.74 Å². The number of carbonyl (C=O) groups is 1. The summed E-state index contributed by atoms with van der Waals surface area (Å²) in [7, 11) is 0. The number of tetrazole rings is 1. The minimum absolute atomic E-state index is 0.184. The average molecular weight is 422 g/mol. The van der Waals surface area contributed by atoms with Crippen LogP contribution in [0.15, 0.2) is 43.1 Å². The van der Waals surface area contributed by atoms with E-state index in [0.717, 1.165) is 12.8 Å². The Morgan fingerprint density at radius 3 is 2.77 bits per heavy atom. The second kappa shape index (κ2) is 7.55. The minimum atomic E-state index is -0.676. The zero-order valence-corrected chi connectivity index (χ0v) is 16.4. The number of halogens is 1. The van der Waals surface area contributed by atoms with Crippen molar-refractivity contribution in [1.29, 1.82) is 0 Å². The van der Waals surface area contributed by atoms with Crippen LogP contribution in [0.25, 0.3) is 28.8 Å². The first-order chi connectivity index (χ1) is 15.0. The number of ether oxygens (including phenoxy) is 1. The Morgan fingerprint density at radius 1 is 1.29 bits per heavy atom. The Labute approximate surface area is 176 Å². The number of benzene rings is 1. The van der Waals surface area contributed by atoms with Crippen LogP contribution in [0.4, 0.5) is 14.9 Å². The number of aliphatic hydroxyl groups excluding tert-OH is 1. The molecule has 0 radical (unpaired) electrons. The minimum Gasteiger partial charge on any atom is -0.441 e. The third-order valence-electron chi connectivity index (χ3n) is 5.48. The number of pyridine rings is 1. The molecule has 1 aliphatic carbocycles. The van der Waals surface area contributed by atoms with Crippen molar-refractivity contribution in [3.63, 3.8) is 0 Å². The highest BCUT2D eigenvalue weighted by molar-refractivity contribution is 5.90. The molecule has 2 aliphatic rings. The maximum absolute atomic E-state index is 14.9. The summed E-state index contributed by atoms with van der Waals surface area (Å²) in [6, 6.07) is 7.91. The number of aromatic nitrogens is 5. The molecule has 2 atom stereocenters. The van der Waals surface area contributed by atoms with Gasteiger partial charge in [0.2, 0.25) is 5.82 Å². The molecule has 1 amide bonds. The van der Waals surface area contributed by atoms with E-state index in [-0.39, 0.29) is 12.5 Å². The lowest BCUT2D eigenvalue weighted by molar-refractivity contribution is 0.0200. The van der Waals surface area contributed by atoms with Gasteiger partial charge in [-0.25, -0.2) is 9.18 Å². The van der Waals surface area contributed by atoms with Crippen LogP contribution in [0.5, 0.6) is 0 Å². The molecule has 3 aromatic rings. The van der Waals surface area contributed by atoms with Gasteiger partial charge >= 0.3 is 6.09 Å². The second-order valence-electron chi connectivity index (χ2n) is 7.57. The van der Waals surface area contributed by atoms with Gasteiger partial charge < -0.3 is 9.84 Å². The number of hydrogen-bond acceptors (Lipinski definition) is 7. The summed E-state index contributed by atoms with van der Waals surface area (Å²) < 4.78 is 20.2. The van der Waals surface area contributed by atoms with E-state index in [1.807, 2.05) is 0 Å². The van der Waals surface area contributed by atoms with E-state index in [1.54, 1.807) is 24.3 Å². The highest BCUT2D eigenvalue weighted by atomic mass is 19.1. The number of carbonyl (C=O) groups excluding carboxylic acids is 1. The first-order valence-corrected chi connectivity index (χ1v) is 9.88. The van der Waals surface area contributed by atoms with Crippen molar-refractivity contribution in [2.24, 2.45) is 5.92 Å². The maximum atomic E-state index is 14.9. The summed E-state index contributed by atoms with van der Waals surface area (Å²) in [5.74, 6) is 0.0170. The molecule has 0 spiro atoms. The molecule has 1 unspecified atom stereocenters. The molecule has 2 fully saturated rings. The highest BCUT2D eigenvalue weighted by Gasteiger charge is 2.43. The molecule has 1 aliphatic heterocycles. The maximum Gasteiger partial charge on any atom is 0.414 e. The molecule has 2 aromatic heterocycles. The molecular weight excluding hydrogens is 403 g/mol. The quantitative estimate of drug-likeness (QED) is 0.651. The van der Waals surface area contributed by atoms with Crippen LogP contribution in [0.3, 0.4) is 0 Å². The summed E-state index contributed by atoms with van der Waals surface area (Å²) in [6.45, 7) is 3.75. The second-order valence-corrected chi connectivity index (χ2v) is 7.57. The molecule has 158 valence electrons. The lowest BCUT2D eigenvalue weighted by Crippen LogP contribution is -2.32. The predicted molar refractivity (Wildman–Crippen MR) is 109 cm³/mol. The van der Waals surface area contributed by atoms with Gasteiger partial charge in [0, 0.05) is 23.5 Å². The molecule has 1 N–H and O–H groups in total. The Kier molecular flexibility index (Phi) is 4.70. The smallest absolute Gasteiger partial charge is 0.414 e. The van der Waals surface area contributed by atoms with Gasteiger partial charge in [0.25, 0.3) is 0 Å². The van der Waals surface area contributed by atoms with Crippen LogP contribution in [-0.2, 0) is 4.74 Å². The largest absolute Gasteiger partial charge is 0.441 e. The molecule has 1 saturated heterocycles. The van der Waals surface area contributed by atoms with Gasteiger partial charge in [-0.05, 0) is 48.2 Å². The molecular formula is C21H19FN6O3. The zero-order valence-electron chi connectivity index (χ0n) is 16.4. The fourth-order valence-corrected chi connectivity index (χ4v) is 3.61. The van der Waals surface area contributed by atoms with Gasteiger partial charge in [-0.2, -0.15) is 0 Å². The third-order valence-corrected chi connectivity index (χ3v) is 5.48. The molecule has 1 aromatic carbocycles.